The second-order valence-corrected chi connectivity index (χ2v) is 13.2. The smallest absolute Gasteiger partial charge is 0.408 e. The average molecular weight is 610 g/mol. The number of ether oxygens (including phenoxy) is 2. The highest BCUT2D eigenvalue weighted by molar-refractivity contribution is 5.94. The minimum absolute atomic E-state index is 0.211. The van der Waals surface area contributed by atoms with Crippen molar-refractivity contribution in [3.63, 3.8) is 0 Å². The van der Waals surface area contributed by atoms with Gasteiger partial charge >= 0.3 is 12.1 Å². The molecule has 0 aliphatic carbocycles. The molecule has 0 bridgehead atoms. The molecule has 44 heavy (non-hydrogen) atoms. The van der Waals surface area contributed by atoms with E-state index in [1.165, 1.54) is 4.90 Å². The highest BCUT2D eigenvalue weighted by Gasteiger charge is 2.37. The lowest BCUT2D eigenvalue weighted by atomic mass is 9.97. The van der Waals surface area contributed by atoms with Crippen molar-refractivity contribution >= 4 is 23.9 Å². The number of unbranched alkanes of at least 4 members (excludes halogenated alkanes) is 2. The number of carbonyl (C=O) groups excluding carboxylic acids is 4. The molecule has 242 valence electrons. The van der Waals surface area contributed by atoms with Crippen LogP contribution in [0.4, 0.5) is 4.79 Å². The van der Waals surface area contributed by atoms with Crippen LogP contribution >= 0.6 is 0 Å². The van der Waals surface area contributed by atoms with Gasteiger partial charge in [0.05, 0.1) is 0 Å². The average Bonchev–Trinajstić information content (AvgIpc) is 2.91. The third-order valence-electron chi connectivity index (χ3n) is 6.72. The van der Waals surface area contributed by atoms with Crippen LogP contribution < -0.4 is 10.6 Å². The van der Waals surface area contributed by atoms with E-state index in [-0.39, 0.29) is 13.0 Å². The number of aryl methyl sites for hydroxylation is 1. The van der Waals surface area contributed by atoms with Crippen LogP contribution in [-0.2, 0) is 30.3 Å². The molecule has 0 aliphatic rings. The van der Waals surface area contributed by atoms with Crippen molar-refractivity contribution in [1.82, 2.24) is 15.5 Å². The fraction of sp³-hybridized carbons (Fsp3) is 0.543. The second-order valence-electron chi connectivity index (χ2n) is 13.2. The molecule has 2 aromatic carbocycles. The Kier molecular flexibility index (Phi) is 13.4. The molecular weight excluding hydrogens is 558 g/mol. The number of hydrogen-bond acceptors (Lipinski definition) is 6. The fourth-order valence-corrected chi connectivity index (χ4v) is 4.70. The lowest BCUT2D eigenvalue weighted by molar-refractivity contribution is -0.159. The summed E-state index contributed by atoms with van der Waals surface area (Å²) in [6.45, 7) is 16.3. The summed E-state index contributed by atoms with van der Waals surface area (Å²) in [6, 6.07) is 13.7. The Bertz CT molecular complexity index is 1250. The van der Waals surface area contributed by atoms with Gasteiger partial charge in [-0.15, -0.1) is 0 Å². The van der Waals surface area contributed by atoms with Gasteiger partial charge < -0.3 is 25.0 Å². The van der Waals surface area contributed by atoms with Crippen molar-refractivity contribution in [2.24, 2.45) is 0 Å². The molecule has 0 fully saturated rings. The predicted molar refractivity (Wildman–Crippen MR) is 172 cm³/mol. The van der Waals surface area contributed by atoms with E-state index in [4.69, 9.17) is 9.47 Å². The van der Waals surface area contributed by atoms with Gasteiger partial charge in [-0.25, -0.2) is 9.59 Å². The van der Waals surface area contributed by atoms with E-state index in [1.54, 1.807) is 48.5 Å². The van der Waals surface area contributed by atoms with Crippen LogP contribution in [0.5, 0.6) is 0 Å². The molecule has 3 unspecified atom stereocenters. The lowest BCUT2D eigenvalue weighted by Crippen LogP contribution is -2.54. The van der Waals surface area contributed by atoms with E-state index in [2.05, 4.69) is 17.6 Å². The molecule has 0 aromatic heterocycles. The number of nitrogens with one attached hydrogen (secondary N) is 2. The SMILES string of the molecule is CCCCCN(C(=O)C(C)NC(=O)OC(C)(C)C)C(C(=O)NC(Cc1ccccc1)C(=O)OC(C)(C)C)c1ccccc1C. The van der Waals surface area contributed by atoms with Crippen molar-refractivity contribution in [3.8, 4) is 0 Å². The van der Waals surface area contributed by atoms with Gasteiger partial charge in [0.25, 0.3) is 0 Å². The zero-order valence-corrected chi connectivity index (χ0v) is 27.9. The molecule has 0 radical (unpaired) electrons. The van der Waals surface area contributed by atoms with Gasteiger partial charge in [-0.1, -0.05) is 74.4 Å². The standard InChI is InChI=1S/C35H51N3O6/c1-10-11-17-22-38(31(40)25(3)36-33(42)44-35(7,8)9)29(27-21-16-15-18-24(27)2)30(39)37-28(32(41)43-34(4,5)6)23-26-19-13-12-14-20-26/h12-16,18-21,25,28-29H,10-11,17,22-23H2,1-9H3,(H,36,42)(H,37,39). The fourth-order valence-electron chi connectivity index (χ4n) is 4.70. The Hall–Kier alpha value is -3.88. The summed E-state index contributed by atoms with van der Waals surface area (Å²) in [6.07, 6.45) is 1.89. The third kappa shape index (κ3) is 12.0. The third-order valence-corrected chi connectivity index (χ3v) is 6.72. The van der Waals surface area contributed by atoms with Crippen LogP contribution in [0.15, 0.2) is 54.6 Å². The number of alkyl carbamates (subject to hydrolysis) is 1. The van der Waals surface area contributed by atoms with Crippen LogP contribution in [0.3, 0.4) is 0 Å². The van der Waals surface area contributed by atoms with Gasteiger partial charge in [-0.2, -0.15) is 0 Å². The molecular formula is C35H51N3O6. The van der Waals surface area contributed by atoms with E-state index in [9.17, 15) is 19.2 Å². The summed E-state index contributed by atoms with van der Waals surface area (Å²) in [7, 11) is 0. The summed E-state index contributed by atoms with van der Waals surface area (Å²) in [5.41, 5.74) is 0.777. The maximum atomic E-state index is 14.4. The predicted octanol–water partition coefficient (Wildman–Crippen LogP) is 6.04. The number of hydrogen-bond donors (Lipinski definition) is 2. The molecule has 3 atom stereocenters. The normalized spacial score (nSPS) is 13.7. The van der Waals surface area contributed by atoms with E-state index >= 15 is 0 Å². The Morgan fingerprint density at radius 3 is 1.98 bits per heavy atom. The van der Waals surface area contributed by atoms with Gasteiger partial charge in [0, 0.05) is 13.0 Å². The van der Waals surface area contributed by atoms with E-state index in [1.807, 2.05) is 61.5 Å². The van der Waals surface area contributed by atoms with Crippen LogP contribution in [0.1, 0.15) is 97.4 Å². The molecule has 0 spiro atoms. The minimum atomic E-state index is -1.07. The van der Waals surface area contributed by atoms with Gasteiger partial charge in [0.15, 0.2) is 0 Å². The van der Waals surface area contributed by atoms with Crippen LogP contribution in [0.25, 0.3) is 0 Å². The van der Waals surface area contributed by atoms with Crippen molar-refractivity contribution in [1.29, 1.82) is 0 Å². The van der Waals surface area contributed by atoms with Crippen molar-refractivity contribution in [3.05, 3.63) is 71.3 Å². The van der Waals surface area contributed by atoms with Crippen LogP contribution in [0, 0.1) is 6.92 Å². The molecule has 0 saturated heterocycles. The molecule has 9 heteroatoms. The maximum Gasteiger partial charge on any atom is 0.408 e. The summed E-state index contributed by atoms with van der Waals surface area (Å²) in [5, 5.41) is 5.56. The number of rotatable bonds is 13. The van der Waals surface area contributed by atoms with E-state index in [0.717, 1.165) is 24.0 Å². The molecule has 0 saturated carbocycles. The van der Waals surface area contributed by atoms with Crippen LogP contribution in [-0.4, -0.2) is 58.6 Å². The Morgan fingerprint density at radius 2 is 1.41 bits per heavy atom. The topological polar surface area (TPSA) is 114 Å². The molecule has 2 N–H and O–H groups in total. The molecule has 9 nitrogen and oxygen atoms in total. The summed E-state index contributed by atoms with van der Waals surface area (Å²) in [4.78, 5) is 55.9. The maximum absolute atomic E-state index is 14.4. The van der Waals surface area contributed by atoms with E-state index < -0.39 is 53.2 Å². The summed E-state index contributed by atoms with van der Waals surface area (Å²) >= 11 is 0. The first-order valence-corrected chi connectivity index (χ1v) is 15.4. The first-order chi connectivity index (χ1) is 20.5. The lowest BCUT2D eigenvalue weighted by Gasteiger charge is -2.35. The zero-order chi connectivity index (χ0) is 33.1. The molecule has 3 amide bonds. The highest BCUT2D eigenvalue weighted by atomic mass is 16.6. The van der Waals surface area contributed by atoms with Crippen molar-refractivity contribution in [2.45, 2.75) is 117 Å². The monoisotopic (exact) mass is 609 g/mol. The number of amides is 3. The number of nitrogens with zero attached hydrogens (tertiary/aromatic N) is 1. The molecule has 0 heterocycles. The van der Waals surface area contributed by atoms with Crippen LogP contribution in [0.2, 0.25) is 0 Å². The van der Waals surface area contributed by atoms with E-state index in [0.29, 0.717) is 12.0 Å². The summed E-state index contributed by atoms with van der Waals surface area (Å²) in [5.74, 6) is -1.52. The Balaban J connectivity index is 2.53. The van der Waals surface area contributed by atoms with Gasteiger partial charge in [0.1, 0.15) is 29.3 Å². The minimum Gasteiger partial charge on any atom is -0.458 e. The second kappa shape index (κ2) is 16.3. The molecule has 0 aliphatic heterocycles. The van der Waals surface area contributed by atoms with Crippen molar-refractivity contribution < 1.29 is 28.7 Å². The Labute approximate surface area is 263 Å². The Morgan fingerprint density at radius 1 is 0.818 bits per heavy atom. The quantitative estimate of drug-likeness (QED) is 0.212. The van der Waals surface area contributed by atoms with Gasteiger partial charge in [0.2, 0.25) is 11.8 Å². The number of carbonyl (C=O) groups is 4. The van der Waals surface area contributed by atoms with Crippen molar-refractivity contribution in [2.75, 3.05) is 6.54 Å². The first kappa shape index (κ1) is 36.3. The summed E-state index contributed by atoms with van der Waals surface area (Å²) < 4.78 is 11.1. The number of esters is 1. The first-order valence-electron chi connectivity index (χ1n) is 15.4. The largest absolute Gasteiger partial charge is 0.458 e. The van der Waals surface area contributed by atoms with Gasteiger partial charge in [-0.3, -0.25) is 9.59 Å². The highest BCUT2D eigenvalue weighted by Crippen LogP contribution is 2.27. The molecule has 2 aromatic rings. The number of benzene rings is 2. The zero-order valence-electron chi connectivity index (χ0n) is 27.9. The molecule has 2 rings (SSSR count). The van der Waals surface area contributed by atoms with Gasteiger partial charge in [-0.05, 0) is 78.5 Å².